The average Bonchev–Trinajstić information content (AvgIpc) is 2.10. The molecule has 1 unspecified atom stereocenters. The lowest BCUT2D eigenvalue weighted by atomic mass is 10.3. The Labute approximate surface area is 96.0 Å². The average molecular weight is 231 g/mol. The van der Waals surface area contributed by atoms with E-state index in [1.54, 1.807) is 0 Å². The molecular weight excluding hydrogens is 210 g/mol. The van der Waals surface area contributed by atoms with Crippen LogP contribution in [0.15, 0.2) is 0 Å². The Morgan fingerprint density at radius 2 is 2.00 bits per heavy atom. The molecule has 0 aliphatic rings. The summed E-state index contributed by atoms with van der Waals surface area (Å²) in [4.78, 5) is 23.5. The van der Waals surface area contributed by atoms with E-state index < -0.39 is 5.97 Å². The number of hydrogen-bond acceptors (Lipinski definition) is 3. The highest BCUT2D eigenvalue weighted by atomic mass is 16.4. The number of urea groups is 1. The minimum Gasteiger partial charge on any atom is -0.481 e. The summed E-state index contributed by atoms with van der Waals surface area (Å²) in [5.41, 5.74) is 0. The van der Waals surface area contributed by atoms with Crippen molar-refractivity contribution in [3.05, 3.63) is 0 Å². The summed E-state index contributed by atoms with van der Waals surface area (Å²) in [5, 5.41) is 13.8. The first-order valence-electron chi connectivity index (χ1n) is 5.32. The topological polar surface area (TPSA) is 81.7 Å². The zero-order valence-electron chi connectivity index (χ0n) is 10.1. The number of amides is 2. The molecule has 0 aromatic rings. The summed E-state index contributed by atoms with van der Waals surface area (Å²) in [6.07, 6.45) is 0.526. The molecule has 0 aliphatic heterocycles. The van der Waals surface area contributed by atoms with Crippen LogP contribution >= 0.6 is 0 Å². The molecule has 0 saturated carbocycles. The molecule has 6 heteroatoms. The quantitative estimate of drug-likeness (QED) is 0.543. The minimum atomic E-state index is -0.844. The predicted molar refractivity (Wildman–Crippen MR) is 61.4 cm³/mol. The largest absolute Gasteiger partial charge is 0.481 e. The van der Waals surface area contributed by atoms with Crippen LogP contribution in [0.4, 0.5) is 4.79 Å². The van der Waals surface area contributed by atoms with Gasteiger partial charge in [0, 0.05) is 25.6 Å². The standard InChI is InChI=1S/C10H21N3O3/c1-8(7-13(2)3)12-10(16)11-6-4-5-9(14)15/h8H,4-7H2,1-3H3,(H,14,15)(H2,11,12,16). The molecule has 0 radical (unpaired) electrons. The number of carbonyl (C=O) groups is 2. The van der Waals surface area contributed by atoms with Crippen molar-refractivity contribution >= 4 is 12.0 Å². The van der Waals surface area contributed by atoms with Crippen molar-refractivity contribution < 1.29 is 14.7 Å². The summed E-state index contributed by atoms with van der Waals surface area (Å²) in [5.74, 6) is -0.844. The minimum absolute atomic E-state index is 0.0643. The van der Waals surface area contributed by atoms with E-state index >= 15 is 0 Å². The van der Waals surface area contributed by atoms with E-state index in [2.05, 4.69) is 10.6 Å². The Hall–Kier alpha value is -1.30. The van der Waals surface area contributed by atoms with E-state index in [4.69, 9.17) is 5.11 Å². The van der Waals surface area contributed by atoms with Gasteiger partial charge in [0.2, 0.25) is 0 Å². The lowest BCUT2D eigenvalue weighted by Gasteiger charge is -2.18. The van der Waals surface area contributed by atoms with Crippen LogP contribution in [0.2, 0.25) is 0 Å². The number of rotatable bonds is 7. The fourth-order valence-electron chi connectivity index (χ4n) is 1.31. The zero-order valence-corrected chi connectivity index (χ0v) is 10.1. The third-order valence-corrected chi connectivity index (χ3v) is 1.87. The fraction of sp³-hybridized carbons (Fsp3) is 0.800. The molecule has 94 valence electrons. The Bertz CT molecular complexity index is 231. The van der Waals surface area contributed by atoms with Crippen molar-refractivity contribution in [3.63, 3.8) is 0 Å². The lowest BCUT2D eigenvalue weighted by Crippen LogP contribution is -2.45. The van der Waals surface area contributed by atoms with Gasteiger partial charge in [-0.15, -0.1) is 0 Å². The molecule has 0 saturated heterocycles. The molecule has 0 spiro atoms. The summed E-state index contributed by atoms with van der Waals surface area (Å²) in [6.45, 7) is 3.06. The molecule has 0 aromatic carbocycles. The van der Waals surface area contributed by atoms with E-state index in [0.29, 0.717) is 13.0 Å². The van der Waals surface area contributed by atoms with Crippen molar-refractivity contribution in [1.29, 1.82) is 0 Å². The number of aliphatic carboxylic acids is 1. The Balaban J connectivity index is 3.54. The second-order valence-electron chi connectivity index (χ2n) is 4.06. The normalized spacial score (nSPS) is 12.2. The molecule has 16 heavy (non-hydrogen) atoms. The van der Waals surface area contributed by atoms with Crippen molar-refractivity contribution in [1.82, 2.24) is 15.5 Å². The molecule has 0 aliphatic carbocycles. The highest BCUT2D eigenvalue weighted by molar-refractivity contribution is 5.74. The molecule has 0 fully saturated rings. The van der Waals surface area contributed by atoms with E-state index in [1.165, 1.54) is 0 Å². The van der Waals surface area contributed by atoms with Crippen LogP contribution in [-0.2, 0) is 4.79 Å². The van der Waals surface area contributed by atoms with Crippen LogP contribution < -0.4 is 10.6 Å². The number of likely N-dealkylation sites (N-methyl/N-ethyl adjacent to an activating group) is 1. The van der Waals surface area contributed by atoms with E-state index in [1.807, 2.05) is 25.9 Å². The number of carbonyl (C=O) groups excluding carboxylic acids is 1. The summed E-state index contributed by atoms with van der Waals surface area (Å²) < 4.78 is 0. The number of hydrogen-bond donors (Lipinski definition) is 3. The van der Waals surface area contributed by atoms with Gasteiger partial charge in [-0.05, 0) is 27.4 Å². The highest BCUT2D eigenvalue weighted by Gasteiger charge is 2.07. The van der Waals surface area contributed by atoms with Gasteiger partial charge in [-0.3, -0.25) is 4.79 Å². The highest BCUT2D eigenvalue weighted by Crippen LogP contribution is 1.87. The van der Waals surface area contributed by atoms with Crippen molar-refractivity contribution in [2.45, 2.75) is 25.8 Å². The van der Waals surface area contributed by atoms with Gasteiger partial charge in [0.1, 0.15) is 0 Å². The first kappa shape index (κ1) is 14.7. The predicted octanol–water partition coefficient (Wildman–Crippen LogP) is 0.101. The monoisotopic (exact) mass is 231 g/mol. The maximum atomic E-state index is 11.3. The maximum Gasteiger partial charge on any atom is 0.315 e. The van der Waals surface area contributed by atoms with Crippen molar-refractivity contribution in [3.8, 4) is 0 Å². The number of carboxylic acids is 1. The first-order valence-corrected chi connectivity index (χ1v) is 5.32. The van der Waals surface area contributed by atoms with Crippen molar-refractivity contribution in [2.24, 2.45) is 0 Å². The van der Waals surface area contributed by atoms with Gasteiger partial charge in [0.05, 0.1) is 0 Å². The molecular formula is C10H21N3O3. The van der Waals surface area contributed by atoms with Crippen LogP contribution in [0.3, 0.4) is 0 Å². The smallest absolute Gasteiger partial charge is 0.315 e. The van der Waals surface area contributed by atoms with E-state index in [0.717, 1.165) is 6.54 Å². The second-order valence-corrected chi connectivity index (χ2v) is 4.06. The second kappa shape index (κ2) is 7.92. The van der Waals surface area contributed by atoms with Crippen LogP contribution in [0, 0.1) is 0 Å². The maximum absolute atomic E-state index is 11.3. The fourth-order valence-corrected chi connectivity index (χ4v) is 1.31. The molecule has 3 N–H and O–H groups in total. The van der Waals surface area contributed by atoms with Gasteiger partial charge in [-0.25, -0.2) is 4.79 Å². The van der Waals surface area contributed by atoms with Crippen molar-refractivity contribution in [2.75, 3.05) is 27.2 Å². The Kier molecular flexibility index (Phi) is 7.28. The Morgan fingerprint density at radius 3 is 2.50 bits per heavy atom. The van der Waals surface area contributed by atoms with Crippen LogP contribution in [0.25, 0.3) is 0 Å². The van der Waals surface area contributed by atoms with Gasteiger partial charge in [-0.2, -0.15) is 0 Å². The van der Waals surface area contributed by atoms with E-state index in [9.17, 15) is 9.59 Å². The number of carboxylic acid groups (broad SMARTS) is 1. The van der Waals surface area contributed by atoms with Gasteiger partial charge in [0.25, 0.3) is 0 Å². The van der Waals surface area contributed by atoms with Crippen LogP contribution in [0.5, 0.6) is 0 Å². The molecule has 2 amide bonds. The Morgan fingerprint density at radius 1 is 1.38 bits per heavy atom. The third-order valence-electron chi connectivity index (χ3n) is 1.87. The zero-order chi connectivity index (χ0) is 12.6. The van der Waals surface area contributed by atoms with Crippen LogP contribution in [-0.4, -0.2) is 55.2 Å². The number of nitrogens with one attached hydrogen (secondary N) is 2. The summed E-state index contributed by atoms with van der Waals surface area (Å²) in [7, 11) is 3.87. The summed E-state index contributed by atoms with van der Waals surface area (Å²) >= 11 is 0. The molecule has 0 heterocycles. The lowest BCUT2D eigenvalue weighted by molar-refractivity contribution is -0.137. The van der Waals surface area contributed by atoms with E-state index in [-0.39, 0.29) is 18.5 Å². The molecule has 6 nitrogen and oxygen atoms in total. The molecule has 0 rings (SSSR count). The first-order chi connectivity index (χ1) is 7.41. The third kappa shape index (κ3) is 9.26. The molecule has 1 atom stereocenters. The number of nitrogens with zero attached hydrogens (tertiary/aromatic N) is 1. The molecule has 0 aromatic heterocycles. The van der Waals surface area contributed by atoms with Gasteiger partial charge in [-0.1, -0.05) is 0 Å². The SMILES string of the molecule is CC(CN(C)C)NC(=O)NCCCC(=O)O. The van der Waals surface area contributed by atoms with Gasteiger partial charge < -0.3 is 20.6 Å². The molecule has 0 bridgehead atoms. The van der Waals surface area contributed by atoms with Crippen LogP contribution in [0.1, 0.15) is 19.8 Å². The summed E-state index contributed by atoms with van der Waals surface area (Å²) in [6, 6.07) is -0.186. The van der Waals surface area contributed by atoms with Gasteiger partial charge in [0.15, 0.2) is 0 Å². The van der Waals surface area contributed by atoms with Gasteiger partial charge >= 0.3 is 12.0 Å².